The van der Waals surface area contributed by atoms with Crippen molar-refractivity contribution in [1.29, 1.82) is 0 Å². The van der Waals surface area contributed by atoms with Crippen LogP contribution in [0.3, 0.4) is 0 Å². The third-order valence-corrected chi connectivity index (χ3v) is 7.06. The Morgan fingerprint density at radius 3 is 2.37 bits per heavy atom. The highest BCUT2D eigenvalue weighted by Gasteiger charge is 2.20. The van der Waals surface area contributed by atoms with E-state index in [0.29, 0.717) is 37.7 Å². The van der Waals surface area contributed by atoms with Crippen molar-refractivity contribution in [2.24, 2.45) is 5.14 Å². The zero-order valence-electron chi connectivity index (χ0n) is 15.8. The highest BCUT2D eigenvalue weighted by Crippen LogP contribution is 2.41. The minimum absolute atomic E-state index is 0.00464. The second-order valence-corrected chi connectivity index (χ2v) is 9.60. The van der Waals surface area contributed by atoms with Crippen molar-refractivity contribution in [3.05, 3.63) is 82.0 Å². The van der Waals surface area contributed by atoms with Crippen LogP contribution >= 0.6 is 22.9 Å². The van der Waals surface area contributed by atoms with Crippen molar-refractivity contribution in [3.8, 4) is 27.3 Å². The van der Waals surface area contributed by atoms with Gasteiger partial charge in [-0.1, -0.05) is 35.9 Å². The van der Waals surface area contributed by atoms with E-state index < -0.39 is 10.0 Å². The van der Waals surface area contributed by atoms with Crippen molar-refractivity contribution < 1.29 is 13.2 Å². The van der Waals surface area contributed by atoms with E-state index in [2.05, 4.69) is 0 Å². The van der Waals surface area contributed by atoms with Crippen LogP contribution in [-0.2, 0) is 10.0 Å². The highest BCUT2D eigenvalue weighted by molar-refractivity contribution is 7.89. The van der Waals surface area contributed by atoms with Crippen LogP contribution in [-0.4, -0.2) is 15.5 Å². The number of fused-ring (bicyclic) bond motifs is 1. The Hall–Kier alpha value is -2.71. The van der Waals surface area contributed by atoms with Crippen LogP contribution in [0.15, 0.2) is 76.4 Å². The van der Waals surface area contributed by atoms with Gasteiger partial charge in [0.15, 0.2) is 5.43 Å². The van der Waals surface area contributed by atoms with Gasteiger partial charge in [0.05, 0.1) is 17.6 Å². The number of ether oxygens (including phenoxy) is 1. The second kappa shape index (κ2) is 7.85. The van der Waals surface area contributed by atoms with E-state index in [1.165, 1.54) is 30.6 Å². The average Bonchev–Trinajstić information content (AvgIpc) is 2.73. The molecule has 0 unspecified atom stereocenters. The van der Waals surface area contributed by atoms with Crippen LogP contribution in [0.25, 0.3) is 31.7 Å². The molecule has 1 aromatic heterocycles. The standard InChI is InChI=1S/C22H16ClNO4S2/c1-28-18-12-14(23)8-11-16(18)20-21(25)17-4-2-3-5-19(17)29-22(20)13-6-9-15(10-7-13)30(24,26)27/h2-12H,1H3,(H2,24,26,27). The van der Waals surface area contributed by atoms with E-state index >= 15 is 0 Å². The van der Waals surface area contributed by atoms with E-state index in [0.717, 1.165) is 4.70 Å². The Morgan fingerprint density at radius 2 is 1.70 bits per heavy atom. The lowest BCUT2D eigenvalue weighted by atomic mass is 9.99. The van der Waals surface area contributed by atoms with Gasteiger partial charge in [-0.25, -0.2) is 13.6 Å². The molecule has 0 aliphatic heterocycles. The van der Waals surface area contributed by atoms with E-state index in [1.807, 2.05) is 18.2 Å². The summed E-state index contributed by atoms with van der Waals surface area (Å²) in [7, 11) is -2.30. The largest absolute Gasteiger partial charge is 0.496 e. The SMILES string of the molecule is COc1cc(Cl)ccc1-c1c(-c2ccc(S(N)(=O)=O)cc2)sc2ccccc2c1=O. The van der Waals surface area contributed by atoms with Crippen molar-refractivity contribution in [2.45, 2.75) is 4.90 Å². The molecule has 0 spiro atoms. The Morgan fingerprint density at radius 1 is 1.00 bits per heavy atom. The normalized spacial score (nSPS) is 11.6. The van der Waals surface area contributed by atoms with Crippen molar-refractivity contribution in [2.75, 3.05) is 7.11 Å². The zero-order valence-corrected chi connectivity index (χ0v) is 18.1. The molecule has 4 aromatic rings. The Bertz CT molecular complexity index is 1430. The molecule has 8 heteroatoms. The predicted molar refractivity (Wildman–Crippen MR) is 122 cm³/mol. The summed E-state index contributed by atoms with van der Waals surface area (Å²) in [4.78, 5) is 14.2. The van der Waals surface area contributed by atoms with Gasteiger partial charge in [-0.2, -0.15) is 0 Å². The first-order valence-electron chi connectivity index (χ1n) is 8.82. The van der Waals surface area contributed by atoms with E-state index in [1.54, 1.807) is 36.4 Å². The van der Waals surface area contributed by atoms with Crippen LogP contribution in [0.2, 0.25) is 5.02 Å². The van der Waals surface area contributed by atoms with E-state index in [9.17, 15) is 13.2 Å². The molecule has 0 aliphatic carbocycles. The molecule has 0 aliphatic rings. The quantitative estimate of drug-likeness (QED) is 0.472. The van der Waals surface area contributed by atoms with Crippen LogP contribution in [0.1, 0.15) is 0 Å². The van der Waals surface area contributed by atoms with Gasteiger partial charge in [0.2, 0.25) is 10.0 Å². The summed E-state index contributed by atoms with van der Waals surface area (Å²) in [5.74, 6) is 0.476. The minimum atomic E-state index is -3.82. The molecule has 1 heterocycles. The molecule has 0 amide bonds. The first-order chi connectivity index (χ1) is 14.3. The molecule has 0 atom stereocenters. The molecule has 30 heavy (non-hydrogen) atoms. The number of nitrogens with two attached hydrogens (primary N) is 1. The minimum Gasteiger partial charge on any atom is -0.496 e. The number of primary sulfonamides is 1. The van der Waals surface area contributed by atoms with Gasteiger partial charge in [-0.05, 0) is 48.0 Å². The van der Waals surface area contributed by atoms with Crippen LogP contribution < -0.4 is 15.3 Å². The smallest absolute Gasteiger partial charge is 0.238 e. The molecule has 4 rings (SSSR count). The lowest BCUT2D eigenvalue weighted by molar-refractivity contribution is 0.416. The third kappa shape index (κ3) is 3.73. The van der Waals surface area contributed by atoms with Crippen LogP contribution in [0.4, 0.5) is 0 Å². The maximum atomic E-state index is 13.5. The molecular formula is C22H16ClNO4S2. The van der Waals surface area contributed by atoms with Crippen LogP contribution in [0, 0.1) is 0 Å². The fourth-order valence-electron chi connectivity index (χ4n) is 3.26. The van der Waals surface area contributed by atoms with E-state index in [-0.39, 0.29) is 10.3 Å². The molecule has 0 bridgehead atoms. The average molecular weight is 458 g/mol. The number of methoxy groups -OCH3 is 1. The number of sulfonamides is 1. The van der Waals surface area contributed by atoms with Gasteiger partial charge in [-0.15, -0.1) is 11.3 Å². The predicted octanol–water partition coefficient (Wildman–Crippen LogP) is 4.90. The fourth-order valence-corrected chi connectivity index (χ4v) is 5.13. The zero-order chi connectivity index (χ0) is 21.5. The number of hydrogen-bond acceptors (Lipinski definition) is 5. The molecule has 0 saturated heterocycles. The summed E-state index contributed by atoms with van der Waals surface area (Å²) in [6.45, 7) is 0. The Labute approximate surface area is 182 Å². The highest BCUT2D eigenvalue weighted by atomic mass is 35.5. The van der Waals surface area contributed by atoms with Gasteiger partial charge in [0, 0.05) is 25.5 Å². The lowest BCUT2D eigenvalue weighted by Gasteiger charge is -2.14. The molecule has 0 fully saturated rings. The Kier molecular flexibility index (Phi) is 5.38. The molecule has 5 nitrogen and oxygen atoms in total. The Balaban J connectivity index is 2.07. The first-order valence-corrected chi connectivity index (χ1v) is 11.6. The topological polar surface area (TPSA) is 86.5 Å². The summed E-state index contributed by atoms with van der Waals surface area (Å²) >= 11 is 7.55. The molecule has 0 radical (unpaired) electrons. The number of benzene rings is 3. The summed E-state index contributed by atoms with van der Waals surface area (Å²) in [6, 6.07) is 18.6. The summed E-state index contributed by atoms with van der Waals surface area (Å²) in [5.41, 5.74) is 1.63. The molecule has 0 saturated carbocycles. The summed E-state index contributed by atoms with van der Waals surface area (Å²) < 4.78 is 29.5. The number of hydrogen-bond donors (Lipinski definition) is 1. The molecular weight excluding hydrogens is 442 g/mol. The number of halogens is 1. The number of rotatable bonds is 4. The molecule has 3 aromatic carbocycles. The van der Waals surface area contributed by atoms with Crippen LogP contribution in [0.5, 0.6) is 5.75 Å². The maximum Gasteiger partial charge on any atom is 0.238 e. The maximum absolute atomic E-state index is 13.5. The summed E-state index contributed by atoms with van der Waals surface area (Å²) in [6.07, 6.45) is 0. The van der Waals surface area contributed by atoms with Gasteiger partial charge >= 0.3 is 0 Å². The van der Waals surface area contributed by atoms with Crippen molar-refractivity contribution in [1.82, 2.24) is 0 Å². The molecule has 152 valence electrons. The van der Waals surface area contributed by atoms with E-state index in [4.69, 9.17) is 21.5 Å². The first kappa shape index (κ1) is 20.6. The fraction of sp³-hybridized carbons (Fsp3) is 0.0455. The van der Waals surface area contributed by atoms with Crippen molar-refractivity contribution >= 4 is 43.0 Å². The second-order valence-electron chi connectivity index (χ2n) is 6.55. The van der Waals surface area contributed by atoms with Crippen molar-refractivity contribution in [3.63, 3.8) is 0 Å². The molecule has 2 N–H and O–H groups in total. The van der Waals surface area contributed by atoms with Gasteiger partial charge in [0.25, 0.3) is 0 Å². The lowest BCUT2D eigenvalue weighted by Crippen LogP contribution is -2.11. The summed E-state index contributed by atoms with van der Waals surface area (Å²) in [5, 5.41) is 6.30. The third-order valence-electron chi connectivity index (χ3n) is 4.68. The van der Waals surface area contributed by atoms with Gasteiger partial charge in [-0.3, -0.25) is 4.79 Å². The van der Waals surface area contributed by atoms with Gasteiger partial charge in [0.1, 0.15) is 5.75 Å². The van der Waals surface area contributed by atoms with Gasteiger partial charge < -0.3 is 4.74 Å². The monoisotopic (exact) mass is 457 g/mol.